The number of nitrogen functional groups attached to an aromatic ring is 1. The van der Waals surface area contributed by atoms with Gasteiger partial charge in [-0.05, 0) is 37.1 Å². The number of para-hydroxylation sites is 1. The van der Waals surface area contributed by atoms with Gasteiger partial charge in [0, 0.05) is 5.69 Å². The third-order valence-electron chi connectivity index (χ3n) is 3.04. The molecular weight excluding hydrogens is 238 g/mol. The number of aryl methyl sites for hydroxylation is 2. The second-order valence-electron chi connectivity index (χ2n) is 4.59. The van der Waals surface area contributed by atoms with Gasteiger partial charge in [-0.25, -0.2) is 4.79 Å². The highest BCUT2D eigenvalue weighted by atomic mass is 16.5. The van der Waals surface area contributed by atoms with E-state index in [0.717, 1.165) is 16.7 Å². The molecule has 3 nitrogen and oxygen atoms in total. The molecule has 19 heavy (non-hydrogen) atoms. The van der Waals surface area contributed by atoms with Gasteiger partial charge < -0.3 is 10.5 Å². The smallest absolute Gasteiger partial charge is 0.340 e. The first-order valence-electron chi connectivity index (χ1n) is 6.15. The lowest BCUT2D eigenvalue weighted by Gasteiger charge is -2.09. The van der Waals surface area contributed by atoms with Crippen LogP contribution in [0.15, 0.2) is 42.5 Å². The summed E-state index contributed by atoms with van der Waals surface area (Å²) in [5.74, 6) is -0.390. The molecule has 0 unspecified atom stereocenters. The summed E-state index contributed by atoms with van der Waals surface area (Å²) in [6.45, 7) is 4.28. The monoisotopic (exact) mass is 255 g/mol. The predicted octanol–water partition coefficient (Wildman–Crippen LogP) is 3.24. The number of hydrogen-bond donors (Lipinski definition) is 1. The first kappa shape index (κ1) is 13.1. The van der Waals surface area contributed by atoms with Gasteiger partial charge in [0.1, 0.15) is 6.61 Å². The Labute approximate surface area is 113 Å². The van der Waals surface area contributed by atoms with E-state index in [1.807, 2.05) is 32.0 Å². The van der Waals surface area contributed by atoms with Gasteiger partial charge in [0.25, 0.3) is 0 Å². The molecule has 2 N–H and O–H groups in total. The molecule has 98 valence electrons. The van der Waals surface area contributed by atoms with Crippen LogP contribution in [0.3, 0.4) is 0 Å². The summed E-state index contributed by atoms with van der Waals surface area (Å²) >= 11 is 0. The fraction of sp³-hybridized carbons (Fsp3) is 0.188. The zero-order valence-corrected chi connectivity index (χ0v) is 11.1. The molecule has 3 heteroatoms. The minimum atomic E-state index is -0.390. The van der Waals surface area contributed by atoms with Crippen LogP contribution in [0.1, 0.15) is 27.0 Å². The van der Waals surface area contributed by atoms with Crippen molar-refractivity contribution in [3.63, 3.8) is 0 Å². The quantitative estimate of drug-likeness (QED) is 0.676. The Morgan fingerprint density at radius 3 is 2.63 bits per heavy atom. The maximum absolute atomic E-state index is 11.9. The number of carbonyl (C=O) groups is 1. The Morgan fingerprint density at radius 1 is 1.16 bits per heavy atom. The van der Waals surface area contributed by atoms with Gasteiger partial charge >= 0.3 is 5.97 Å². The van der Waals surface area contributed by atoms with Crippen molar-refractivity contribution >= 4 is 11.7 Å². The fourth-order valence-corrected chi connectivity index (χ4v) is 1.86. The van der Waals surface area contributed by atoms with E-state index in [9.17, 15) is 4.79 Å². The van der Waals surface area contributed by atoms with Crippen LogP contribution in [-0.4, -0.2) is 5.97 Å². The Morgan fingerprint density at radius 2 is 1.89 bits per heavy atom. The summed E-state index contributed by atoms with van der Waals surface area (Å²) in [6, 6.07) is 13.0. The van der Waals surface area contributed by atoms with Crippen LogP contribution >= 0.6 is 0 Å². The van der Waals surface area contributed by atoms with Crippen LogP contribution in [0.4, 0.5) is 5.69 Å². The van der Waals surface area contributed by atoms with Crippen LogP contribution in [0.2, 0.25) is 0 Å². The van der Waals surface area contributed by atoms with Gasteiger partial charge in [-0.15, -0.1) is 0 Å². The zero-order valence-electron chi connectivity index (χ0n) is 11.1. The largest absolute Gasteiger partial charge is 0.457 e. The summed E-state index contributed by atoms with van der Waals surface area (Å²) in [5, 5.41) is 0. The van der Waals surface area contributed by atoms with E-state index >= 15 is 0 Å². The number of ether oxygens (including phenoxy) is 1. The fourth-order valence-electron chi connectivity index (χ4n) is 1.86. The van der Waals surface area contributed by atoms with Crippen molar-refractivity contribution in [3.05, 3.63) is 64.7 Å². The molecule has 0 aromatic heterocycles. The van der Waals surface area contributed by atoms with E-state index in [4.69, 9.17) is 10.5 Å². The van der Waals surface area contributed by atoms with E-state index < -0.39 is 0 Å². The van der Waals surface area contributed by atoms with E-state index in [1.54, 1.807) is 24.3 Å². The molecule has 0 radical (unpaired) electrons. The molecule has 2 rings (SSSR count). The van der Waals surface area contributed by atoms with Crippen molar-refractivity contribution in [2.45, 2.75) is 20.5 Å². The van der Waals surface area contributed by atoms with Gasteiger partial charge in [0.15, 0.2) is 0 Å². The van der Waals surface area contributed by atoms with Crippen molar-refractivity contribution in [2.24, 2.45) is 0 Å². The summed E-state index contributed by atoms with van der Waals surface area (Å²) in [6.07, 6.45) is 0. The topological polar surface area (TPSA) is 52.3 Å². The SMILES string of the molecule is Cc1ccc(C)c(COC(=O)c2ccccc2N)c1. The maximum Gasteiger partial charge on any atom is 0.340 e. The Hall–Kier alpha value is -2.29. The number of hydrogen-bond acceptors (Lipinski definition) is 3. The Kier molecular flexibility index (Phi) is 3.85. The minimum Gasteiger partial charge on any atom is -0.457 e. The first-order valence-corrected chi connectivity index (χ1v) is 6.15. The third-order valence-corrected chi connectivity index (χ3v) is 3.04. The van der Waals surface area contributed by atoms with Crippen LogP contribution in [0, 0.1) is 13.8 Å². The van der Waals surface area contributed by atoms with E-state index in [2.05, 4.69) is 0 Å². The van der Waals surface area contributed by atoms with Crippen molar-refractivity contribution in [1.29, 1.82) is 0 Å². The molecule has 0 heterocycles. The molecule has 0 atom stereocenters. The molecule has 0 fully saturated rings. The van der Waals surface area contributed by atoms with E-state index in [0.29, 0.717) is 11.3 Å². The van der Waals surface area contributed by atoms with Crippen molar-refractivity contribution in [2.75, 3.05) is 5.73 Å². The van der Waals surface area contributed by atoms with Gasteiger partial charge in [0.2, 0.25) is 0 Å². The number of anilines is 1. The first-order chi connectivity index (χ1) is 9.08. The maximum atomic E-state index is 11.9. The lowest BCUT2D eigenvalue weighted by Crippen LogP contribution is -2.08. The highest BCUT2D eigenvalue weighted by Crippen LogP contribution is 2.15. The molecule has 2 aromatic carbocycles. The number of esters is 1. The lowest BCUT2D eigenvalue weighted by molar-refractivity contribution is 0.0473. The van der Waals surface area contributed by atoms with Crippen molar-refractivity contribution < 1.29 is 9.53 Å². The van der Waals surface area contributed by atoms with Crippen LogP contribution in [-0.2, 0) is 11.3 Å². The number of carbonyl (C=O) groups excluding carboxylic acids is 1. The van der Waals surface area contributed by atoms with Gasteiger partial charge in [0.05, 0.1) is 5.56 Å². The second kappa shape index (κ2) is 5.57. The second-order valence-corrected chi connectivity index (χ2v) is 4.59. The average Bonchev–Trinajstić information content (AvgIpc) is 2.40. The summed E-state index contributed by atoms with van der Waals surface area (Å²) in [5.41, 5.74) is 9.87. The summed E-state index contributed by atoms with van der Waals surface area (Å²) in [7, 11) is 0. The molecule has 2 aromatic rings. The summed E-state index contributed by atoms with van der Waals surface area (Å²) < 4.78 is 5.31. The van der Waals surface area contributed by atoms with Crippen molar-refractivity contribution in [3.8, 4) is 0 Å². The predicted molar refractivity (Wildman–Crippen MR) is 75.9 cm³/mol. The van der Waals surface area contributed by atoms with Gasteiger partial charge in [-0.1, -0.05) is 35.9 Å². The third kappa shape index (κ3) is 3.13. The van der Waals surface area contributed by atoms with E-state index in [-0.39, 0.29) is 12.6 Å². The van der Waals surface area contributed by atoms with Crippen LogP contribution < -0.4 is 5.73 Å². The van der Waals surface area contributed by atoms with Crippen molar-refractivity contribution in [1.82, 2.24) is 0 Å². The Bertz CT molecular complexity index is 605. The Balaban J connectivity index is 2.09. The molecule has 0 aliphatic heterocycles. The average molecular weight is 255 g/mol. The van der Waals surface area contributed by atoms with Crippen LogP contribution in [0.25, 0.3) is 0 Å². The lowest BCUT2D eigenvalue weighted by atomic mass is 10.1. The number of benzene rings is 2. The zero-order chi connectivity index (χ0) is 13.8. The van der Waals surface area contributed by atoms with Crippen LogP contribution in [0.5, 0.6) is 0 Å². The number of rotatable bonds is 3. The van der Waals surface area contributed by atoms with E-state index in [1.165, 1.54) is 0 Å². The normalized spacial score (nSPS) is 10.2. The van der Waals surface area contributed by atoms with Gasteiger partial charge in [-0.2, -0.15) is 0 Å². The van der Waals surface area contributed by atoms with Gasteiger partial charge in [-0.3, -0.25) is 0 Å². The molecule has 0 aliphatic rings. The molecule has 0 saturated heterocycles. The standard InChI is InChI=1S/C16H17NO2/c1-11-7-8-12(2)13(9-11)10-19-16(18)14-5-3-4-6-15(14)17/h3-9H,10,17H2,1-2H3. The molecule has 0 amide bonds. The highest BCUT2D eigenvalue weighted by molar-refractivity contribution is 5.94. The highest BCUT2D eigenvalue weighted by Gasteiger charge is 2.11. The molecular formula is C16H17NO2. The minimum absolute atomic E-state index is 0.265. The summed E-state index contributed by atoms with van der Waals surface area (Å²) in [4.78, 5) is 11.9. The molecule has 0 saturated carbocycles. The molecule has 0 spiro atoms. The molecule has 0 bridgehead atoms. The number of nitrogens with two attached hydrogens (primary N) is 1. The molecule has 0 aliphatic carbocycles.